The molecule has 0 saturated heterocycles. The largest absolute Gasteiger partial charge is 0.494 e. The van der Waals surface area contributed by atoms with E-state index in [2.05, 4.69) is 21.7 Å². The molecule has 5 heteroatoms. The molecule has 0 amide bonds. The topological polar surface area (TPSA) is 29.9 Å². The van der Waals surface area contributed by atoms with Crippen LogP contribution in [-0.2, 0) is 6.54 Å². The fourth-order valence-electron chi connectivity index (χ4n) is 2.78. The number of hydrogen-bond donors (Lipinski definition) is 1. The number of aromatic nitrogens is 2. The maximum atomic E-state index is 13.7. The summed E-state index contributed by atoms with van der Waals surface area (Å²) in [4.78, 5) is 3.07. The second-order valence-corrected chi connectivity index (χ2v) is 5.58. The number of methoxy groups -OCH3 is 1. The number of benzene rings is 1. The predicted octanol–water partition coefficient (Wildman–Crippen LogP) is 4.20. The van der Waals surface area contributed by atoms with Gasteiger partial charge in [0.15, 0.2) is 16.3 Å². The Kier molecular flexibility index (Phi) is 3.61. The van der Waals surface area contributed by atoms with Crippen molar-refractivity contribution in [1.29, 1.82) is 0 Å². The summed E-state index contributed by atoms with van der Waals surface area (Å²) in [6, 6.07) is 3.16. The van der Waals surface area contributed by atoms with E-state index in [1.165, 1.54) is 19.6 Å². The molecule has 3 rings (SSSR count). The Morgan fingerprint density at radius 1 is 1.45 bits per heavy atom. The molecule has 1 atom stereocenters. The number of allylic oxidation sites excluding steroid dienone is 2. The maximum Gasteiger partial charge on any atom is 0.178 e. The Bertz CT molecular complexity index is 716. The van der Waals surface area contributed by atoms with Crippen molar-refractivity contribution >= 4 is 23.3 Å². The van der Waals surface area contributed by atoms with E-state index in [9.17, 15) is 4.39 Å². The van der Waals surface area contributed by atoms with Crippen molar-refractivity contribution in [1.82, 2.24) is 9.55 Å². The van der Waals surface area contributed by atoms with E-state index >= 15 is 0 Å². The molecule has 1 unspecified atom stereocenters. The molecule has 1 heterocycles. The lowest BCUT2D eigenvalue weighted by atomic mass is 9.94. The minimum absolute atomic E-state index is 0.254. The zero-order valence-electron chi connectivity index (χ0n) is 11.4. The highest BCUT2D eigenvalue weighted by molar-refractivity contribution is 7.71. The summed E-state index contributed by atoms with van der Waals surface area (Å²) < 4.78 is 21.5. The number of ether oxygens (including phenoxy) is 1. The number of hydrogen-bond acceptors (Lipinski definition) is 2. The van der Waals surface area contributed by atoms with Crippen molar-refractivity contribution in [2.24, 2.45) is 5.92 Å². The van der Waals surface area contributed by atoms with Gasteiger partial charge in [-0.15, -0.1) is 0 Å². The van der Waals surface area contributed by atoms with Crippen molar-refractivity contribution < 1.29 is 9.13 Å². The van der Waals surface area contributed by atoms with E-state index in [1.54, 1.807) is 6.07 Å². The molecule has 1 aliphatic carbocycles. The Labute approximate surface area is 122 Å². The Balaban J connectivity index is 2.03. The summed E-state index contributed by atoms with van der Waals surface area (Å²) in [7, 11) is 1.47. The third-order valence-corrected chi connectivity index (χ3v) is 4.19. The van der Waals surface area contributed by atoms with E-state index in [0.717, 1.165) is 30.4 Å². The third-order valence-electron chi connectivity index (χ3n) is 3.87. The molecule has 1 aromatic carbocycles. The van der Waals surface area contributed by atoms with Gasteiger partial charge >= 0.3 is 0 Å². The first-order valence-corrected chi connectivity index (χ1v) is 7.21. The molecule has 1 aliphatic rings. The van der Waals surface area contributed by atoms with Gasteiger partial charge < -0.3 is 14.3 Å². The van der Waals surface area contributed by atoms with E-state index in [-0.39, 0.29) is 11.6 Å². The van der Waals surface area contributed by atoms with Gasteiger partial charge in [-0.1, -0.05) is 12.2 Å². The smallest absolute Gasteiger partial charge is 0.178 e. The highest BCUT2D eigenvalue weighted by Crippen LogP contribution is 2.27. The molecule has 0 aliphatic heterocycles. The van der Waals surface area contributed by atoms with Crippen LogP contribution in [0.2, 0.25) is 0 Å². The van der Waals surface area contributed by atoms with Gasteiger partial charge in [-0.25, -0.2) is 4.39 Å². The van der Waals surface area contributed by atoms with Gasteiger partial charge in [0.05, 0.1) is 18.1 Å². The number of H-pyrrole nitrogens is 1. The SMILES string of the molecule is COc1cc2c(cc1F)[nH]c(=S)n2CC1CC=CCC1. The van der Waals surface area contributed by atoms with Crippen LogP contribution in [0.5, 0.6) is 5.75 Å². The van der Waals surface area contributed by atoms with Crippen LogP contribution in [-0.4, -0.2) is 16.7 Å². The average Bonchev–Trinajstić information content (AvgIpc) is 2.74. The van der Waals surface area contributed by atoms with Crippen LogP contribution in [0, 0.1) is 16.5 Å². The standard InChI is InChI=1S/C15H17FN2OS/c1-19-14-8-13-12(7-11(14)16)17-15(20)18(13)9-10-5-3-2-4-6-10/h2-3,7-8,10H,4-6,9H2,1H3,(H,17,20). The Morgan fingerprint density at radius 3 is 3.00 bits per heavy atom. The molecule has 1 N–H and O–H groups in total. The van der Waals surface area contributed by atoms with Crippen molar-refractivity contribution in [3.05, 3.63) is 34.9 Å². The molecule has 2 aromatic rings. The van der Waals surface area contributed by atoms with Crippen molar-refractivity contribution in [3.8, 4) is 5.75 Å². The molecular weight excluding hydrogens is 275 g/mol. The van der Waals surface area contributed by atoms with Crippen LogP contribution >= 0.6 is 12.2 Å². The van der Waals surface area contributed by atoms with Crippen LogP contribution in [0.1, 0.15) is 19.3 Å². The van der Waals surface area contributed by atoms with E-state index in [4.69, 9.17) is 17.0 Å². The number of fused-ring (bicyclic) bond motifs is 1. The van der Waals surface area contributed by atoms with Gasteiger partial charge in [0.2, 0.25) is 0 Å². The van der Waals surface area contributed by atoms with Crippen LogP contribution < -0.4 is 4.74 Å². The van der Waals surface area contributed by atoms with E-state index in [1.807, 2.05) is 0 Å². The molecule has 0 radical (unpaired) electrons. The number of aromatic amines is 1. The fourth-order valence-corrected chi connectivity index (χ4v) is 3.06. The lowest BCUT2D eigenvalue weighted by Crippen LogP contribution is -2.12. The van der Waals surface area contributed by atoms with E-state index in [0.29, 0.717) is 10.7 Å². The third kappa shape index (κ3) is 2.38. The van der Waals surface area contributed by atoms with Gasteiger partial charge in [-0.05, 0) is 37.4 Å². The van der Waals surface area contributed by atoms with Crippen LogP contribution in [0.15, 0.2) is 24.3 Å². The first-order valence-electron chi connectivity index (χ1n) is 6.80. The van der Waals surface area contributed by atoms with Gasteiger partial charge in [0, 0.05) is 18.7 Å². The molecule has 20 heavy (non-hydrogen) atoms. The quantitative estimate of drug-likeness (QED) is 0.678. The Hall–Kier alpha value is -1.62. The van der Waals surface area contributed by atoms with E-state index < -0.39 is 0 Å². The highest BCUT2D eigenvalue weighted by Gasteiger charge is 2.15. The van der Waals surface area contributed by atoms with Crippen LogP contribution in [0.3, 0.4) is 0 Å². The van der Waals surface area contributed by atoms with Gasteiger partial charge in [-0.3, -0.25) is 0 Å². The molecule has 0 spiro atoms. The minimum atomic E-state index is -0.371. The van der Waals surface area contributed by atoms with Gasteiger partial charge in [0.25, 0.3) is 0 Å². The minimum Gasteiger partial charge on any atom is -0.494 e. The molecule has 106 valence electrons. The summed E-state index contributed by atoms with van der Waals surface area (Å²) in [5.41, 5.74) is 1.63. The van der Waals surface area contributed by atoms with Crippen molar-refractivity contribution in [2.75, 3.05) is 7.11 Å². The molecule has 0 fully saturated rings. The maximum absolute atomic E-state index is 13.7. The zero-order valence-corrected chi connectivity index (χ0v) is 12.2. The monoisotopic (exact) mass is 292 g/mol. The highest BCUT2D eigenvalue weighted by atomic mass is 32.1. The van der Waals surface area contributed by atoms with Crippen LogP contribution in [0.25, 0.3) is 11.0 Å². The van der Waals surface area contributed by atoms with Crippen LogP contribution in [0.4, 0.5) is 4.39 Å². The number of nitrogens with one attached hydrogen (secondary N) is 1. The summed E-state index contributed by atoms with van der Waals surface area (Å²) in [6.07, 6.45) is 7.82. The zero-order chi connectivity index (χ0) is 14.1. The Morgan fingerprint density at radius 2 is 2.30 bits per heavy atom. The predicted molar refractivity (Wildman–Crippen MR) is 80.1 cm³/mol. The lowest BCUT2D eigenvalue weighted by Gasteiger charge is -2.18. The normalized spacial score (nSPS) is 18.6. The average molecular weight is 292 g/mol. The molecule has 3 nitrogen and oxygen atoms in total. The first kappa shape index (κ1) is 13.4. The second kappa shape index (κ2) is 5.40. The van der Waals surface area contributed by atoms with Crippen molar-refractivity contribution in [2.45, 2.75) is 25.8 Å². The van der Waals surface area contributed by atoms with Gasteiger partial charge in [0.1, 0.15) is 0 Å². The molecule has 1 aromatic heterocycles. The van der Waals surface area contributed by atoms with Gasteiger partial charge in [-0.2, -0.15) is 0 Å². The second-order valence-electron chi connectivity index (χ2n) is 5.20. The number of imidazole rings is 1. The summed E-state index contributed by atoms with van der Waals surface area (Å²) in [6.45, 7) is 0.859. The number of nitrogens with zero attached hydrogens (tertiary/aromatic N) is 1. The fraction of sp³-hybridized carbons (Fsp3) is 0.400. The number of rotatable bonds is 3. The van der Waals surface area contributed by atoms with Crippen molar-refractivity contribution in [3.63, 3.8) is 0 Å². The molecular formula is C15H17FN2OS. The molecule has 0 bridgehead atoms. The first-order chi connectivity index (χ1) is 9.69. The number of halogens is 1. The summed E-state index contributed by atoms with van der Waals surface area (Å²) in [5.74, 6) is 0.467. The lowest BCUT2D eigenvalue weighted by molar-refractivity contribution is 0.386. The summed E-state index contributed by atoms with van der Waals surface area (Å²) >= 11 is 5.37. The molecule has 0 saturated carbocycles. The summed E-state index contributed by atoms with van der Waals surface area (Å²) in [5, 5.41) is 0.